The molecule has 3 aromatic heterocycles. The highest BCUT2D eigenvalue weighted by molar-refractivity contribution is 7.21. The van der Waals surface area contributed by atoms with Crippen molar-refractivity contribution in [2.45, 2.75) is 45.7 Å². The van der Waals surface area contributed by atoms with Crippen LogP contribution in [0.3, 0.4) is 0 Å². The second-order valence-corrected chi connectivity index (χ2v) is 10.7. The first kappa shape index (κ1) is 31.1. The van der Waals surface area contributed by atoms with Gasteiger partial charge in [-0.1, -0.05) is 11.3 Å². The monoisotopic (exact) mass is 602 g/mol. The minimum atomic E-state index is -0.474. The second-order valence-electron chi connectivity index (χ2n) is 9.68. The first-order chi connectivity index (χ1) is 20.3. The third-order valence-corrected chi connectivity index (χ3v) is 8.31. The van der Waals surface area contributed by atoms with Crippen LogP contribution in [-0.2, 0) is 29.0 Å². The minimum absolute atomic E-state index is 0.0395. The van der Waals surface area contributed by atoms with E-state index in [0.717, 1.165) is 12.8 Å². The summed E-state index contributed by atoms with van der Waals surface area (Å²) >= 11 is 1.26. The first-order valence-electron chi connectivity index (χ1n) is 13.6. The maximum absolute atomic E-state index is 14.0. The molecule has 0 radical (unpaired) electrons. The minimum Gasteiger partial charge on any atom is -0.496 e. The van der Waals surface area contributed by atoms with E-state index in [2.05, 4.69) is 14.9 Å². The van der Waals surface area contributed by atoms with E-state index in [1.807, 2.05) is 6.92 Å². The van der Waals surface area contributed by atoms with Crippen LogP contribution in [0.5, 0.6) is 5.75 Å². The van der Waals surface area contributed by atoms with Crippen LogP contribution in [0, 0.1) is 12.7 Å². The molecule has 226 valence electrons. The van der Waals surface area contributed by atoms with Crippen molar-refractivity contribution in [2.75, 3.05) is 40.5 Å². The second kappa shape index (κ2) is 14.3. The number of ether oxygens (including phenoxy) is 2. The molecule has 1 N–H and O–H groups in total. The van der Waals surface area contributed by atoms with Gasteiger partial charge in [-0.3, -0.25) is 18.7 Å². The van der Waals surface area contributed by atoms with E-state index in [4.69, 9.17) is 9.84 Å². The number of thiophene rings is 1. The lowest BCUT2D eigenvalue weighted by molar-refractivity contribution is -0.133. The van der Waals surface area contributed by atoms with E-state index < -0.39 is 17.1 Å². The molecule has 42 heavy (non-hydrogen) atoms. The van der Waals surface area contributed by atoms with Gasteiger partial charge in [0.15, 0.2) is 0 Å². The number of aliphatic hydroxyl groups is 1. The smallest absolute Gasteiger partial charge is 0.332 e. The van der Waals surface area contributed by atoms with Gasteiger partial charge < -0.3 is 19.5 Å². The highest BCUT2D eigenvalue weighted by atomic mass is 32.1. The van der Waals surface area contributed by atoms with E-state index >= 15 is 0 Å². The van der Waals surface area contributed by atoms with Crippen molar-refractivity contribution >= 4 is 27.5 Å². The summed E-state index contributed by atoms with van der Waals surface area (Å²) in [6.07, 6.45) is 5.64. The average Bonchev–Trinajstić information content (AvgIpc) is 3.63. The van der Waals surface area contributed by atoms with Crippen molar-refractivity contribution < 1.29 is 23.8 Å². The number of nitrogens with zero attached hydrogens (tertiary/aromatic N) is 6. The van der Waals surface area contributed by atoms with Crippen LogP contribution in [0.25, 0.3) is 15.2 Å². The van der Waals surface area contributed by atoms with E-state index in [-0.39, 0.29) is 32.1 Å². The van der Waals surface area contributed by atoms with Crippen LogP contribution < -0.4 is 16.0 Å². The molecule has 4 aromatic rings. The third-order valence-electron chi connectivity index (χ3n) is 7.03. The standard InChI is InChI=1S/C25H27FN6O4S.C3H8O2/c1-16-21-22(34)30(14-13-29-11-4-3-5-20(29)33)25(35)31(24(21)37-23(16)32-27-9-10-28-32)12-8-17-15-18(26)6-7-19(17)36-2;1-5-3-2-4/h6-7,9-10,15H,3-5,8,11-14H2,1-2H3;4H,2-3H2,1H3. The van der Waals surface area contributed by atoms with Crippen molar-refractivity contribution in [3.05, 3.63) is 68.4 Å². The molecule has 5 rings (SSSR count). The molecule has 0 spiro atoms. The van der Waals surface area contributed by atoms with Gasteiger partial charge >= 0.3 is 5.69 Å². The fourth-order valence-corrected chi connectivity index (χ4v) is 6.11. The van der Waals surface area contributed by atoms with Gasteiger partial charge in [-0.15, -0.1) is 4.80 Å². The number of rotatable bonds is 10. The molecule has 1 fully saturated rings. The van der Waals surface area contributed by atoms with Crippen molar-refractivity contribution in [3.63, 3.8) is 0 Å². The predicted octanol–water partition coefficient (Wildman–Crippen LogP) is 2.14. The molecule has 0 aliphatic carbocycles. The molecular weight excluding hydrogens is 567 g/mol. The molecule has 14 heteroatoms. The summed E-state index contributed by atoms with van der Waals surface area (Å²) in [6, 6.07) is 4.26. The zero-order valence-electron chi connectivity index (χ0n) is 23.9. The number of likely N-dealkylation sites (tertiary alicyclic amines) is 1. The number of piperidine rings is 1. The van der Waals surface area contributed by atoms with Gasteiger partial charge in [0.05, 0.1) is 38.1 Å². The summed E-state index contributed by atoms with van der Waals surface area (Å²) in [5, 5.41) is 17.4. The van der Waals surface area contributed by atoms with Crippen molar-refractivity contribution in [1.29, 1.82) is 0 Å². The number of aryl methyl sites for hydroxylation is 3. The maximum atomic E-state index is 14.0. The third kappa shape index (κ3) is 6.77. The summed E-state index contributed by atoms with van der Waals surface area (Å²) in [7, 11) is 3.06. The first-order valence-corrected chi connectivity index (χ1v) is 14.5. The Balaban J connectivity index is 0.000000748. The zero-order valence-corrected chi connectivity index (χ0v) is 24.7. The summed E-state index contributed by atoms with van der Waals surface area (Å²) in [5.41, 5.74) is 0.400. The number of hydrogen-bond acceptors (Lipinski definition) is 9. The van der Waals surface area contributed by atoms with Gasteiger partial charge in [0.2, 0.25) is 5.91 Å². The lowest BCUT2D eigenvalue weighted by atomic mass is 10.1. The molecule has 1 aromatic carbocycles. The number of carbonyl (C=O) groups is 1. The van der Waals surface area contributed by atoms with Crippen LogP contribution in [0.2, 0.25) is 0 Å². The molecule has 0 atom stereocenters. The Morgan fingerprint density at radius 2 is 1.81 bits per heavy atom. The van der Waals surface area contributed by atoms with E-state index in [9.17, 15) is 18.8 Å². The Kier molecular flexibility index (Phi) is 10.6. The molecular formula is C28H35FN6O6S. The summed E-state index contributed by atoms with van der Waals surface area (Å²) in [6.45, 7) is 3.57. The van der Waals surface area contributed by atoms with Crippen LogP contribution in [0.4, 0.5) is 4.39 Å². The van der Waals surface area contributed by atoms with Crippen molar-refractivity contribution in [1.82, 2.24) is 29.0 Å². The largest absolute Gasteiger partial charge is 0.496 e. The highest BCUT2D eigenvalue weighted by Crippen LogP contribution is 2.30. The van der Waals surface area contributed by atoms with Crippen LogP contribution >= 0.6 is 11.3 Å². The summed E-state index contributed by atoms with van der Waals surface area (Å²) in [4.78, 5) is 43.2. The lowest BCUT2D eigenvalue weighted by Gasteiger charge is -2.26. The Bertz CT molecular complexity index is 1630. The summed E-state index contributed by atoms with van der Waals surface area (Å²) < 4.78 is 26.5. The lowest BCUT2D eigenvalue weighted by Crippen LogP contribution is -2.44. The number of aliphatic hydroxyl groups excluding tert-OH is 1. The Labute approximate surface area is 245 Å². The van der Waals surface area contributed by atoms with Gasteiger partial charge in [-0.25, -0.2) is 9.18 Å². The van der Waals surface area contributed by atoms with Gasteiger partial charge in [0, 0.05) is 45.3 Å². The number of carbonyl (C=O) groups excluding carboxylic acids is 1. The average molecular weight is 603 g/mol. The summed E-state index contributed by atoms with van der Waals surface area (Å²) in [5.74, 6) is 0.160. The molecule has 0 saturated carbocycles. The predicted molar refractivity (Wildman–Crippen MR) is 156 cm³/mol. The number of hydrogen-bond donors (Lipinski definition) is 1. The maximum Gasteiger partial charge on any atom is 0.332 e. The number of methoxy groups -OCH3 is 2. The van der Waals surface area contributed by atoms with Gasteiger partial charge in [0.25, 0.3) is 5.56 Å². The van der Waals surface area contributed by atoms with Gasteiger partial charge in [-0.2, -0.15) is 10.2 Å². The van der Waals surface area contributed by atoms with E-state index in [1.165, 1.54) is 39.9 Å². The zero-order chi connectivity index (χ0) is 30.2. The van der Waals surface area contributed by atoms with Crippen molar-refractivity contribution in [3.8, 4) is 10.8 Å². The Hall–Kier alpha value is -3.88. The number of halogens is 1. The van der Waals surface area contributed by atoms with Crippen LogP contribution in [-0.4, -0.2) is 80.6 Å². The fraction of sp³-hybridized carbons (Fsp3) is 0.464. The number of benzene rings is 1. The number of aromatic nitrogens is 5. The SMILES string of the molecule is COCCO.COc1ccc(F)cc1CCn1c(=O)n(CCN2CCCCC2=O)c(=O)c2c(C)c(-n3nccn3)sc21. The van der Waals surface area contributed by atoms with Gasteiger partial charge in [0.1, 0.15) is 21.4 Å². The van der Waals surface area contributed by atoms with E-state index in [0.29, 0.717) is 58.1 Å². The molecule has 12 nitrogen and oxygen atoms in total. The van der Waals surface area contributed by atoms with E-state index in [1.54, 1.807) is 35.0 Å². The molecule has 1 aliphatic heterocycles. The Morgan fingerprint density at radius 1 is 1.05 bits per heavy atom. The highest BCUT2D eigenvalue weighted by Gasteiger charge is 2.23. The Morgan fingerprint density at radius 3 is 2.45 bits per heavy atom. The molecule has 0 bridgehead atoms. The quantitative estimate of drug-likeness (QED) is 0.292. The molecule has 1 amide bonds. The number of fused-ring (bicyclic) bond motifs is 1. The molecule has 4 heterocycles. The normalized spacial score (nSPS) is 13.4. The fourth-order valence-electron chi connectivity index (χ4n) is 4.87. The van der Waals surface area contributed by atoms with Crippen LogP contribution in [0.1, 0.15) is 30.4 Å². The van der Waals surface area contributed by atoms with Crippen LogP contribution in [0.15, 0.2) is 40.2 Å². The molecule has 0 unspecified atom stereocenters. The molecule has 1 saturated heterocycles. The topological polar surface area (TPSA) is 134 Å². The van der Waals surface area contributed by atoms with Crippen molar-refractivity contribution in [2.24, 2.45) is 0 Å². The molecule has 1 aliphatic rings. The van der Waals surface area contributed by atoms with Gasteiger partial charge in [-0.05, 0) is 49.9 Å². The number of amides is 1.